The van der Waals surface area contributed by atoms with Crippen molar-refractivity contribution in [3.05, 3.63) is 76.5 Å². The molecule has 0 aliphatic heterocycles. The van der Waals surface area contributed by atoms with Gasteiger partial charge in [0.1, 0.15) is 11.5 Å². The highest BCUT2D eigenvalue weighted by atomic mass is 19.1. The highest BCUT2D eigenvalue weighted by Crippen LogP contribution is 2.25. The first-order chi connectivity index (χ1) is 11.6. The topological polar surface area (TPSA) is 57.8 Å². The minimum Gasteiger partial charge on any atom is -0.355 e. The molecule has 5 heteroatoms. The molecule has 2 aromatic carbocycles. The van der Waals surface area contributed by atoms with Crippen LogP contribution in [0.2, 0.25) is 0 Å². The molecule has 0 bridgehead atoms. The van der Waals surface area contributed by atoms with Crippen LogP contribution in [0, 0.1) is 12.7 Å². The molecule has 118 valence electrons. The number of benzene rings is 2. The Morgan fingerprint density at radius 1 is 1.00 bits per heavy atom. The van der Waals surface area contributed by atoms with Crippen molar-refractivity contribution in [3.8, 4) is 0 Å². The van der Waals surface area contributed by atoms with E-state index in [9.17, 15) is 9.18 Å². The van der Waals surface area contributed by atoms with Crippen LogP contribution in [0.5, 0.6) is 0 Å². The first kappa shape index (κ1) is 14.4. The molecule has 0 unspecified atom stereocenters. The van der Waals surface area contributed by atoms with Crippen LogP contribution in [0.3, 0.4) is 0 Å². The Balaban J connectivity index is 1.86. The SMILES string of the molecule is Cc1ccc(Nc2ccc3c(=O)[nH]c4ncccc4c3c2)cc1F. The number of fused-ring (bicyclic) bond motifs is 3. The average molecular weight is 319 g/mol. The largest absolute Gasteiger partial charge is 0.355 e. The van der Waals surface area contributed by atoms with Crippen LogP contribution >= 0.6 is 0 Å². The minimum atomic E-state index is -0.258. The van der Waals surface area contributed by atoms with Gasteiger partial charge >= 0.3 is 0 Å². The molecule has 0 atom stereocenters. The number of halogens is 1. The van der Waals surface area contributed by atoms with Crippen LogP contribution in [0.15, 0.2) is 59.5 Å². The molecule has 0 fully saturated rings. The molecule has 0 aliphatic carbocycles. The molecule has 0 saturated heterocycles. The van der Waals surface area contributed by atoms with E-state index in [0.29, 0.717) is 22.3 Å². The summed E-state index contributed by atoms with van der Waals surface area (Å²) >= 11 is 0. The summed E-state index contributed by atoms with van der Waals surface area (Å²) in [6.07, 6.45) is 1.64. The number of aromatic amines is 1. The maximum Gasteiger partial charge on any atom is 0.257 e. The Hall–Kier alpha value is -3.21. The smallest absolute Gasteiger partial charge is 0.257 e. The molecule has 4 nitrogen and oxygen atoms in total. The average Bonchev–Trinajstić information content (AvgIpc) is 2.58. The third-order valence-corrected chi connectivity index (χ3v) is 4.05. The van der Waals surface area contributed by atoms with E-state index < -0.39 is 0 Å². The fourth-order valence-electron chi connectivity index (χ4n) is 2.78. The van der Waals surface area contributed by atoms with Gasteiger partial charge in [-0.2, -0.15) is 0 Å². The molecule has 0 spiro atoms. The number of pyridine rings is 2. The van der Waals surface area contributed by atoms with Gasteiger partial charge in [0.05, 0.1) is 0 Å². The minimum absolute atomic E-state index is 0.177. The maximum atomic E-state index is 13.7. The molecule has 0 saturated carbocycles. The van der Waals surface area contributed by atoms with Gasteiger partial charge < -0.3 is 10.3 Å². The van der Waals surface area contributed by atoms with Crippen molar-refractivity contribution >= 4 is 33.2 Å². The van der Waals surface area contributed by atoms with Crippen molar-refractivity contribution in [1.29, 1.82) is 0 Å². The van der Waals surface area contributed by atoms with Crippen molar-refractivity contribution in [1.82, 2.24) is 9.97 Å². The molecule has 0 radical (unpaired) electrons. The molecule has 4 rings (SSSR count). The second-order valence-corrected chi connectivity index (χ2v) is 5.70. The third-order valence-electron chi connectivity index (χ3n) is 4.05. The maximum absolute atomic E-state index is 13.7. The number of aromatic nitrogens is 2. The van der Waals surface area contributed by atoms with Gasteiger partial charge in [-0.05, 0) is 55.0 Å². The van der Waals surface area contributed by atoms with Crippen LogP contribution in [0.1, 0.15) is 5.56 Å². The highest BCUT2D eigenvalue weighted by Gasteiger charge is 2.07. The summed E-state index contributed by atoms with van der Waals surface area (Å²) in [6, 6.07) is 14.2. The standard InChI is InChI=1S/C19H14FN3O/c1-11-4-5-13(10-17(11)20)22-12-6-7-15-16(9-12)14-3-2-8-21-18(14)23-19(15)24/h2-10,22H,1H3,(H,21,23,24). The molecule has 2 aromatic heterocycles. The summed E-state index contributed by atoms with van der Waals surface area (Å²) in [4.78, 5) is 19.2. The number of nitrogens with one attached hydrogen (secondary N) is 2. The molecular formula is C19H14FN3O. The second-order valence-electron chi connectivity index (χ2n) is 5.70. The monoisotopic (exact) mass is 319 g/mol. The predicted octanol–water partition coefficient (Wildman–Crippen LogP) is 4.27. The van der Waals surface area contributed by atoms with Crippen molar-refractivity contribution < 1.29 is 4.39 Å². The first-order valence-corrected chi connectivity index (χ1v) is 7.56. The zero-order valence-corrected chi connectivity index (χ0v) is 12.9. The normalized spacial score (nSPS) is 11.1. The van der Waals surface area contributed by atoms with Crippen LogP contribution in [-0.2, 0) is 0 Å². The van der Waals surface area contributed by atoms with Crippen LogP contribution in [-0.4, -0.2) is 9.97 Å². The van der Waals surface area contributed by atoms with Crippen molar-refractivity contribution in [3.63, 3.8) is 0 Å². The second kappa shape index (κ2) is 5.45. The Labute approximate surface area is 137 Å². The predicted molar refractivity (Wildman–Crippen MR) is 94.3 cm³/mol. The van der Waals surface area contributed by atoms with Gasteiger partial charge in [0, 0.05) is 33.7 Å². The zero-order chi connectivity index (χ0) is 16.7. The number of rotatable bonds is 2. The van der Waals surface area contributed by atoms with Crippen LogP contribution in [0.4, 0.5) is 15.8 Å². The molecular weight excluding hydrogens is 305 g/mol. The number of nitrogens with zero attached hydrogens (tertiary/aromatic N) is 1. The molecule has 2 N–H and O–H groups in total. The molecule has 4 aromatic rings. The molecule has 0 amide bonds. The number of anilines is 2. The van der Waals surface area contributed by atoms with E-state index in [1.54, 1.807) is 31.3 Å². The van der Waals surface area contributed by atoms with Gasteiger partial charge in [0.15, 0.2) is 0 Å². The van der Waals surface area contributed by atoms with Crippen molar-refractivity contribution in [2.24, 2.45) is 0 Å². The van der Waals surface area contributed by atoms with Gasteiger partial charge in [-0.25, -0.2) is 9.37 Å². The van der Waals surface area contributed by atoms with Gasteiger partial charge in [0.25, 0.3) is 5.56 Å². The van der Waals surface area contributed by atoms with E-state index in [4.69, 9.17) is 0 Å². The Morgan fingerprint density at radius 2 is 1.79 bits per heavy atom. The van der Waals surface area contributed by atoms with E-state index in [0.717, 1.165) is 16.5 Å². The lowest BCUT2D eigenvalue weighted by molar-refractivity contribution is 0.619. The first-order valence-electron chi connectivity index (χ1n) is 7.56. The van der Waals surface area contributed by atoms with E-state index in [2.05, 4.69) is 15.3 Å². The summed E-state index contributed by atoms with van der Waals surface area (Å²) in [5.74, 6) is -0.258. The quantitative estimate of drug-likeness (QED) is 0.543. The van der Waals surface area contributed by atoms with Crippen molar-refractivity contribution in [2.45, 2.75) is 6.92 Å². The fraction of sp³-hybridized carbons (Fsp3) is 0.0526. The van der Waals surface area contributed by atoms with Gasteiger partial charge in [0.2, 0.25) is 0 Å². The van der Waals surface area contributed by atoms with E-state index in [1.165, 1.54) is 6.07 Å². The van der Waals surface area contributed by atoms with Crippen LogP contribution in [0.25, 0.3) is 21.8 Å². The molecule has 24 heavy (non-hydrogen) atoms. The molecule has 0 aliphatic rings. The number of H-pyrrole nitrogens is 1. The third kappa shape index (κ3) is 2.40. The van der Waals surface area contributed by atoms with E-state index in [-0.39, 0.29) is 11.4 Å². The summed E-state index contributed by atoms with van der Waals surface area (Å²) in [6.45, 7) is 1.72. The van der Waals surface area contributed by atoms with Gasteiger partial charge in [-0.3, -0.25) is 4.79 Å². The summed E-state index contributed by atoms with van der Waals surface area (Å²) in [5.41, 5.74) is 2.41. The number of hydrogen-bond donors (Lipinski definition) is 2. The molecule has 2 heterocycles. The fourth-order valence-corrected chi connectivity index (χ4v) is 2.78. The van der Waals surface area contributed by atoms with E-state index >= 15 is 0 Å². The summed E-state index contributed by atoms with van der Waals surface area (Å²) in [7, 11) is 0. The van der Waals surface area contributed by atoms with Gasteiger partial charge in [-0.15, -0.1) is 0 Å². The van der Waals surface area contributed by atoms with Crippen molar-refractivity contribution in [2.75, 3.05) is 5.32 Å². The number of aryl methyl sites for hydroxylation is 1. The Bertz CT molecular complexity index is 1130. The number of hydrogen-bond acceptors (Lipinski definition) is 3. The lowest BCUT2D eigenvalue weighted by atomic mass is 10.1. The lowest BCUT2D eigenvalue weighted by Crippen LogP contribution is -2.07. The van der Waals surface area contributed by atoms with Gasteiger partial charge in [-0.1, -0.05) is 6.07 Å². The highest BCUT2D eigenvalue weighted by molar-refractivity contribution is 6.05. The van der Waals surface area contributed by atoms with Crippen LogP contribution < -0.4 is 10.9 Å². The summed E-state index contributed by atoms with van der Waals surface area (Å²) < 4.78 is 13.7. The van der Waals surface area contributed by atoms with E-state index in [1.807, 2.05) is 24.3 Å². The zero-order valence-electron chi connectivity index (χ0n) is 12.9. The summed E-state index contributed by atoms with van der Waals surface area (Å²) in [5, 5.41) is 5.44. The Kier molecular flexibility index (Phi) is 3.27. The Morgan fingerprint density at radius 3 is 2.62 bits per heavy atom. The lowest BCUT2D eigenvalue weighted by Gasteiger charge is -2.09.